The van der Waals surface area contributed by atoms with Crippen LogP contribution in [0.3, 0.4) is 0 Å². The summed E-state index contributed by atoms with van der Waals surface area (Å²) in [7, 11) is 0. The summed E-state index contributed by atoms with van der Waals surface area (Å²) in [5.74, 6) is -0.318. The standard InChI is InChI=1S/C21H23FN4O3/c22-17-7-5-15(6-8-17)19-14-29-12-11-26(19)21(28)24-18-4-2-1-3-16(18)13-25-10-9-23-20(25)27/h1-8,19H,9-14H2,(H,23,27)(H,24,28). The fraction of sp³-hybridized carbons (Fsp3) is 0.333. The number of anilines is 1. The van der Waals surface area contributed by atoms with E-state index in [9.17, 15) is 14.0 Å². The number of urea groups is 2. The molecule has 2 aliphatic rings. The zero-order chi connectivity index (χ0) is 20.2. The highest BCUT2D eigenvalue weighted by Gasteiger charge is 2.29. The fourth-order valence-corrected chi connectivity index (χ4v) is 3.64. The van der Waals surface area contributed by atoms with E-state index in [2.05, 4.69) is 10.6 Å². The summed E-state index contributed by atoms with van der Waals surface area (Å²) in [4.78, 5) is 28.3. The van der Waals surface area contributed by atoms with Gasteiger partial charge in [0.1, 0.15) is 5.82 Å². The summed E-state index contributed by atoms with van der Waals surface area (Å²) in [5.41, 5.74) is 2.36. The lowest BCUT2D eigenvalue weighted by molar-refractivity contribution is 0.0147. The Kier molecular flexibility index (Phi) is 5.62. The summed E-state index contributed by atoms with van der Waals surface area (Å²) in [6, 6.07) is 12.9. The quantitative estimate of drug-likeness (QED) is 0.832. The monoisotopic (exact) mass is 398 g/mol. The van der Waals surface area contributed by atoms with Crippen LogP contribution < -0.4 is 10.6 Å². The van der Waals surface area contributed by atoms with Crippen molar-refractivity contribution in [1.82, 2.24) is 15.1 Å². The first-order valence-corrected chi connectivity index (χ1v) is 9.63. The summed E-state index contributed by atoms with van der Waals surface area (Å²) in [6.45, 7) is 2.92. The molecule has 4 amide bonds. The third-order valence-electron chi connectivity index (χ3n) is 5.21. The Bertz CT molecular complexity index is 890. The Morgan fingerprint density at radius 1 is 1.17 bits per heavy atom. The molecular formula is C21H23FN4O3. The van der Waals surface area contributed by atoms with Crippen molar-refractivity contribution in [2.75, 3.05) is 38.2 Å². The van der Waals surface area contributed by atoms with E-state index in [1.807, 2.05) is 24.3 Å². The minimum atomic E-state index is -0.318. The molecule has 0 spiro atoms. The topological polar surface area (TPSA) is 73.9 Å². The number of nitrogens with one attached hydrogen (secondary N) is 2. The molecule has 0 bridgehead atoms. The van der Waals surface area contributed by atoms with Gasteiger partial charge in [0.25, 0.3) is 0 Å². The first kappa shape index (κ1) is 19.2. The number of nitrogens with zero attached hydrogens (tertiary/aromatic N) is 2. The van der Waals surface area contributed by atoms with Gasteiger partial charge in [-0.1, -0.05) is 30.3 Å². The van der Waals surface area contributed by atoms with E-state index >= 15 is 0 Å². The van der Waals surface area contributed by atoms with Gasteiger partial charge in [-0.2, -0.15) is 0 Å². The van der Waals surface area contributed by atoms with Crippen LogP contribution in [0.4, 0.5) is 19.7 Å². The van der Waals surface area contributed by atoms with Gasteiger partial charge in [-0.05, 0) is 29.3 Å². The molecule has 1 atom stereocenters. The maximum absolute atomic E-state index is 13.3. The van der Waals surface area contributed by atoms with E-state index in [1.165, 1.54) is 12.1 Å². The Hall–Kier alpha value is -3.13. The van der Waals surface area contributed by atoms with E-state index in [4.69, 9.17) is 4.74 Å². The number of para-hydroxylation sites is 1. The van der Waals surface area contributed by atoms with Crippen molar-refractivity contribution >= 4 is 17.7 Å². The second-order valence-electron chi connectivity index (χ2n) is 7.08. The van der Waals surface area contributed by atoms with E-state index in [-0.39, 0.29) is 23.9 Å². The van der Waals surface area contributed by atoms with Crippen molar-refractivity contribution in [2.24, 2.45) is 0 Å². The van der Waals surface area contributed by atoms with Crippen LogP contribution in [-0.4, -0.2) is 54.7 Å². The first-order valence-electron chi connectivity index (χ1n) is 9.63. The molecule has 2 aliphatic heterocycles. The van der Waals surface area contributed by atoms with Crippen LogP contribution in [0.2, 0.25) is 0 Å². The van der Waals surface area contributed by atoms with Crippen LogP contribution in [0.5, 0.6) is 0 Å². The van der Waals surface area contributed by atoms with Crippen molar-refractivity contribution in [3.05, 3.63) is 65.5 Å². The molecule has 2 heterocycles. The Balaban J connectivity index is 1.50. The lowest BCUT2D eigenvalue weighted by atomic mass is 10.1. The highest BCUT2D eigenvalue weighted by molar-refractivity contribution is 5.90. The second-order valence-corrected chi connectivity index (χ2v) is 7.08. The molecule has 2 aromatic rings. The molecule has 0 radical (unpaired) electrons. The molecule has 2 N–H and O–H groups in total. The molecule has 2 aromatic carbocycles. The van der Waals surface area contributed by atoms with Gasteiger partial charge >= 0.3 is 12.1 Å². The van der Waals surface area contributed by atoms with E-state index in [1.54, 1.807) is 21.9 Å². The highest BCUT2D eigenvalue weighted by atomic mass is 19.1. The number of benzene rings is 2. The van der Waals surface area contributed by atoms with Gasteiger partial charge in [0.05, 0.1) is 19.3 Å². The van der Waals surface area contributed by atoms with Crippen molar-refractivity contribution < 1.29 is 18.7 Å². The maximum Gasteiger partial charge on any atom is 0.322 e. The molecular weight excluding hydrogens is 375 g/mol. The van der Waals surface area contributed by atoms with Crippen LogP contribution in [0.1, 0.15) is 17.2 Å². The third-order valence-corrected chi connectivity index (χ3v) is 5.21. The molecule has 0 aliphatic carbocycles. The van der Waals surface area contributed by atoms with Crippen LogP contribution in [0.15, 0.2) is 48.5 Å². The number of carbonyl (C=O) groups excluding carboxylic acids is 2. The Morgan fingerprint density at radius 2 is 1.97 bits per heavy atom. The van der Waals surface area contributed by atoms with Crippen molar-refractivity contribution in [3.63, 3.8) is 0 Å². The van der Waals surface area contributed by atoms with E-state index in [0.29, 0.717) is 45.1 Å². The molecule has 8 heteroatoms. The predicted octanol–water partition coefficient (Wildman–Crippen LogP) is 2.96. The fourth-order valence-electron chi connectivity index (χ4n) is 3.64. The van der Waals surface area contributed by atoms with Gasteiger partial charge in [-0.25, -0.2) is 14.0 Å². The number of halogens is 1. The zero-order valence-corrected chi connectivity index (χ0v) is 15.9. The lowest BCUT2D eigenvalue weighted by Gasteiger charge is -2.36. The molecule has 29 heavy (non-hydrogen) atoms. The summed E-state index contributed by atoms with van der Waals surface area (Å²) in [6.07, 6.45) is 0. The third kappa shape index (κ3) is 4.32. The minimum absolute atomic E-state index is 0.101. The molecule has 2 saturated heterocycles. The minimum Gasteiger partial charge on any atom is -0.377 e. The highest BCUT2D eigenvalue weighted by Crippen LogP contribution is 2.26. The molecule has 7 nitrogen and oxygen atoms in total. The largest absolute Gasteiger partial charge is 0.377 e. The number of amides is 4. The number of hydrogen-bond donors (Lipinski definition) is 2. The van der Waals surface area contributed by atoms with Gasteiger partial charge in [-0.15, -0.1) is 0 Å². The van der Waals surface area contributed by atoms with Crippen molar-refractivity contribution in [3.8, 4) is 0 Å². The molecule has 0 aromatic heterocycles. The van der Waals surface area contributed by atoms with Gasteiger partial charge in [0, 0.05) is 31.9 Å². The summed E-state index contributed by atoms with van der Waals surface area (Å²) in [5, 5.41) is 5.76. The molecule has 2 fully saturated rings. The molecule has 4 rings (SSSR count). The van der Waals surface area contributed by atoms with Crippen molar-refractivity contribution in [1.29, 1.82) is 0 Å². The molecule has 152 valence electrons. The van der Waals surface area contributed by atoms with Crippen LogP contribution in [0, 0.1) is 5.82 Å². The summed E-state index contributed by atoms with van der Waals surface area (Å²) < 4.78 is 18.8. The Labute approximate surface area is 168 Å². The SMILES string of the molecule is O=C1NCCN1Cc1ccccc1NC(=O)N1CCOCC1c1ccc(F)cc1. The zero-order valence-electron chi connectivity index (χ0n) is 15.9. The number of rotatable bonds is 4. The van der Waals surface area contributed by atoms with Gasteiger partial charge in [0.15, 0.2) is 0 Å². The Morgan fingerprint density at radius 3 is 2.72 bits per heavy atom. The smallest absolute Gasteiger partial charge is 0.322 e. The van der Waals surface area contributed by atoms with Gasteiger partial charge < -0.3 is 25.2 Å². The average molecular weight is 398 g/mol. The van der Waals surface area contributed by atoms with E-state index < -0.39 is 0 Å². The second kappa shape index (κ2) is 8.48. The normalized spacial score (nSPS) is 19.2. The van der Waals surface area contributed by atoms with Gasteiger partial charge in [-0.3, -0.25) is 0 Å². The maximum atomic E-state index is 13.3. The number of carbonyl (C=O) groups is 2. The first-order chi connectivity index (χ1) is 14.1. The predicted molar refractivity (Wildman–Crippen MR) is 106 cm³/mol. The van der Waals surface area contributed by atoms with Gasteiger partial charge in [0.2, 0.25) is 0 Å². The average Bonchev–Trinajstić information content (AvgIpc) is 3.14. The molecule has 1 unspecified atom stereocenters. The summed E-state index contributed by atoms with van der Waals surface area (Å²) >= 11 is 0. The van der Waals surface area contributed by atoms with Crippen molar-refractivity contribution in [2.45, 2.75) is 12.6 Å². The lowest BCUT2D eigenvalue weighted by Crippen LogP contribution is -2.45. The van der Waals surface area contributed by atoms with Crippen LogP contribution >= 0.6 is 0 Å². The number of morpholine rings is 1. The molecule has 0 saturated carbocycles. The number of hydrogen-bond acceptors (Lipinski definition) is 3. The van der Waals surface area contributed by atoms with Crippen LogP contribution in [-0.2, 0) is 11.3 Å². The van der Waals surface area contributed by atoms with E-state index in [0.717, 1.165) is 11.1 Å². The van der Waals surface area contributed by atoms with Crippen LogP contribution in [0.25, 0.3) is 0 Å². The number of ether oxygens (including phenoxy) is 1.